The second kappa shape index (κ2) is 8.30. The van der Waals surface area contributed by atoms with E-state index in [1.165, 1.54) is 0 Å². The van der Waals surface area contributed by atoms with Gasteiger partial charge in [-0.25, -0.2) is 4.39 Å². The van der Waals surface area contributed by atoms with Gasteiger partial charge < -0.3 is 16.0 Å². The van der Waals surface area contributed by atoms with Crippen LogP contribution in [-0.4, -0.2) is 24.4 Å². The molecule has 2 aromatic rings. The SMILES string of the molecule is O=C(Nc1cccc2c1[C@H]([C@@H]1CCCCCN1)NC2=O)c1cc(F)cc(C(F)(F)F)c1. The Kier molecular flexibility index (Phi) is 5.70. The molecule has 0 saturated carbocycles. The molecular weight excluding hydrogens is 414 g/mol. The Labute approximate surface area is 176 Å². The zero-order valence-electron chi connectivity index (χ0n) is 16.5. The predicted molar refractivity (Wildman–Crippen MR) is 106 cm³/mol. The molecule has 31 heavy (non-hydrogen) atoms. The summed E-state index contributed by atoms with van der Waals surface area (Å²) in [6.45, 7) is 0.810. The van der Waals surface area contributed by atoms with Gasteiger partial charge in [-0.15, -0.1) is 0 Å². The summed E-state index contributed by atoms with van der Waals surface area (Å²) < 4.78 is 52.7. The molecule has 2 aliphatic rings. The number of anilines is 1. The van der Waals surface area contributed by atoms with Crippen LogP contribution in [0, 0.1) is 5.82 Å². The molecule has 2 aromatic carbocycles. The van der Waals surface area contributed by atoms with Gasteiger partial charge in [-0.1, -0.05) is 18.9 Å². The number of fused-ring (bicyclic) bond motifs is 1. The third-order valence-electron chi connectivity index (χ3n) is 5.68. The van der Waals surface area contributed by atoms with Crippen LogP contribution in [0.5, 0.6) is 0 Å². The lowest BCUT2D eigenvalue weighted by molar-refractivity contribution is -0.137. The van der Waals surface area contributed by atoms with Crippen LogP contribution < -0.4 is 16.0 Å². The summed E-state index contributed by atoms with van der Waals surface area (Å²) in [6, 6.07) is 6.10. The Balaban J connectivity index is 1.66. The lowest BCUT2D eigenvalue weighted by Crippen LogP contribution is -2.40. The Bertz CT molecular complexity index is 1010. The lowest BCUT2D eigenvalue weighted by atomic mass is 9.94. The summed E-state index contributed by atoms with van der Waals surface area (Å²) >= 11 is 0. The number of carbonyl (C=O) groups is 2. The smallest absolute Gasteiger partial charge is 0.344 e. The highest BCUT2D eigenvalue weighted by atomic mass is 19.4. The average molecular weight is 435 g/mol. The molecule has 4 rings (SSSR count). The van der Waals surface area contributed by atoms with Crippen LogP contribution >= 0.6 is 0 Å². The van der Waals surface area contributed by atoms with E-state index in [0.717, 1.165) is 38.3 Å². The topological polar surface area (TPSA) is 70.2 Å². The van der Waals surface area contributed by atoms with Crippen LogP contribution in [0.1, 0.15) is 63.6 Å². The maximum Gasteiger partial charge on any atom is 0.416 e. The molecule has 0 aliphatic carbocycles. The largest absolute Gasteiger partial charge is 0.416 e. The first-order chi connectivity index (χ1) is 14.7. The van der Waals surface area contributed by atoms with Crippen molar-refractivity contribution in [1.29, 1.82) is 0 Å². The molecule has 1 saturated heterocycles. The van der Waals surface area contributed by atoms with Gasteiger partial charge in [0.1, 0.15) is 5.82 Å². The number of nitrogens with one attached hydrogen (secondary N) is 3. The van der Waals surface area contributed by atoms with E-state index in [9.17, 15) is 27.2 Å². The fourth-order valence-corrected chi connectivity index (χ4v) is 4.22. The molecule has 3 N–H and O–H groups in total. The summed E-state index contributed by atoms with van der Waals surface area (Å²) in [7, 11) is 0. The van der Waals surface area contributed by atoms with Crippen molar-refractivity contribution >= 4 is 17.5 Å². The summed E-state index contributed by atoms with van der Waals surface area (Å²) in [4.78, 5) is 25.2. The highest BCUT2D eigenvalue weighted by Gasteiger charge is 2.37. The van der Waals surface area contributed by atoms with Crippen molar-refractivity contribution in [2.24, 2.45) is 0 Å². The van der Waals surface area contributed by atoms with Crippen molar-refractivity contribution in [3.8, 4) is 0 Å². The van der Waals surface area contributed by atoms with Crippen molar-refractivity contribution in [1.82, 2.24) is 10.6 Å². The van der Waals surface area contributed by atoms with Crippen molar-refractivity contribution in [2.75, 3.05) is 11.9 Å². The van der Waals surface area contributed by atoms with E-state index in [-0.39, 0.29) is 18.0 Å². The quantitative estimate of drug-likeness (QED) is 0.626. The molecule has 0 aromatic heterocycles. The third-order valence-corrected chi connectivity index (χ3v) is 5.68. The minimum Gasteiger partial charge on any atom is -0.344 e. The molecule has 0 spiro atoms. The van der Waals surface area contributed by atoms with Gasteiger partial charge in [0, 0.05) is 28.4 Å². The van der Waals surface area contributed by atoms with E-state index >= 15 is 0 Å². The number of amides is 2. The van der Waals surface area contributed by atoms with Crippen molar-refractivity contribution in [3.63, 3.8) is 0 Å². The molecule has 0 bridgehead atoms. The summed E-state index contributed by atoms with van der Waals surface area (Å²) in [5.74, 6) is -2.31. The number of rotatable bonds is 3. The van der Waals surface area contributed by atoms with E-state index < -0.39 is 29.0 Å². The van der Waals surface area contributed by atoms with Crippen LogP contribution in [0.15, 0.2) is 36.4 Å². The van der Waals surface area contributed by atoms with Gasteiger partial charge in [-0.3, -0.25) is 9.59 Å². The number of hydrogen-bond acceptors (Lipinski definition) is 3. The average Bonchev–Trinajstić information content (AvgIpc) is 2.89. The van der Waals surface area contributed by atoms with Crippen LogP contribution in [0.4, 0.5) is 23.2 Å². The van der Waals surface area contributed by atoms with Gasteiger partial charge >= 0.3 is 6.18 Å². The highest BCUT2D eigenvalue weighted by Crippen LogP contribution is 2.36. The zero-order valence-corrected chi connectivity index (χ0v) is 16.5. The fourth-order valence-electron chi connectivity index (χ4n) is 4.22. The summed E-state index contributed by atoms with van der Waals surface area (Å²) in [5.41, 5.74) is -0.383. The molecule has 2 atom stereocenters. The molecular formula is C22H21F4N3O2. The Hall–Kier alpha value is -2.94. The van der Waals surface area contributed by atoms with Gasteiger partial charge in [0.25, 0.3) is 11.8 Å². The van der Waals surface area contributed by atoms with E-state index in [1.807, 2.05) is 0 Å². The molecule has 164 valence electrons. The molecule has 2 heterocycles. The monoisotopic (exact) mass is 435 g/mol. The molecule has 0 radical (unpaired) electrons. The number of hydrogen-bond donors (Lipinski definition) is 3. The molecule has 0 unspecified atom stereocenters. The highest BCUT2D eigenvalue weighted by molar-refractivity contribution is 6.07. The Morgan fingerprint density at radius 2 is 1.90 bits per heavy atom. The third kappa shape index (κ3) is 4.41. The van der Waals surface area contributed by atoms with Crippen LogP contribution in [0.3, 0.4) is 0 Å². The van der Waals surface area contributed by atoms with Crippen LogP contribution in [-0.2, 0) is 6.18 Å². The minimum absolute atomic E-state index is 0.0308. The molecule has 2 aliphatic heterocycles. The number of carbonyl (C=O) groups excluding carboxylic acids is 2. The second-order valence-corrected chi connectivity index (χ2v) is 7.81. The van der Waals surface area contributed by atoms with Crippen molar-refractivity contribution < 1.29 is 27.2 Å². The van der Waals surface area contributed by atoms with Crippen molar-refractivity contribution in [2.45, 2.75) is 43.9 Å². The van der Waals surface area contributed by atoms with Crippen LogP contribution in [0.25, 0.3) is 0 Å². The van der Waals surface area contributed by atoms with E-state index in [1.54, 1.807) is 18.2 Å². The van der Waals surface area contributed by atoms with Gasteiger partial charge in [-0.05, 0) is 49.7 Å². The van der Waals surface area contributed by atoms with Crippen LogP contribution in [0.2, 0.25) is 0 Å². The van der Waals surface area contributed by atoms with Gasteiger partial charge in [-0.2, -0.15) is 13.2 Å². The lowest BCUT2D eigenvalue weighted by Gasteiger charge is -2.25. The van der Waals surface area contributed by atoms with Crippen molar-refractivity contribution in [3.05, 3.63) is 64.5 Å². The molecule has 2 amide bonds. The summed E-state index contributed by atoms with van der Waals surface area (Å²) in [6.07, 6.45) is -0.833. The first-order valence-corrected chi connectivity index (χ1v) is 10.1. The van der Waals surface area contributed by atoms with E-state index in [0.29, 0.717) is 28.9 Å². The van der Waals surface area contributed by atoms with E-state index in [2.05, 4.69) is 16.0 Å². The Morgan fingerprint density at radius 1 is 1.10 bits per heavy atom. The normalized spacial score (nSPS) is 21.2. The minimum atomic E-state index is -4.78. The maximum atomic E-state index is 13.7. The molecule has 9 heteroatoms. The number of alkyl halides is 3. The first kappa shape index (κ1) is 21.3. The maximum absolute atomic E-state index is 13.7. The van der Waals surface area contributed by atoms with E-state index in [4.69, 9.17) is 0 Å². The summed E-state index contributed by atoms with van der Waals surface area (Å²) in [5, 5.41) is 8.95. The van der Waals surface area contributed by atoms with Gasteiger partial charge in [0.15, 0.2) is 0 Å². The number of benzene rings is 2. The molecule has 1 fully saturated rings. The van der Waals surface area contributed by atoms with Gasteiger partial charge in [0.2, 0.25) is 0 Å². The molecule has 5 nitrogen and oxygen atoms in total. The first-order valence-electron chi connectivity index (χ1n) is 10.1. The predicted octanol–water partition coefficient (Wildman–Crippen LogP) is 4.41. The number of halogens is 4. The second-order valence-electron chi connectivity index (χ2n) is 7.81. The standard InChI is InChI=1S/C22H21F4N3O2/c23-14-10-12(9-13(11-14)22(24,25)26)20(30)28-16-7-4-5-15-18(16)19(29-21(15)31)17-6-2-1-3-8-27-17/h4-5,7,9-11,17,19,27H,1-3,6,8H2,(H,28,30)(H,29,31)/t17-,19-/m0/s1. The Morgan fingerprint density at radius 3 is 2.68 bits per heavy atom. The fraction of sp³-hybridized carbons (Fsp3) is 0.364. The zero-order chi connectivity index (χ0) is 22.2. The van der Waals surface area contributed by atoms with Gasteiger partial charge in [0.05, 0.1) is 11.6 Å².